The van der Waals surface area contributed by atoms with Gasteiger partial charge in [0.15, 0.2) is 0 Å². The van der Waals surface area contributed by atoms with Crippen molar-refractivity contribution in [2.45, 2.75) is 142 Å². The molecule has 2 heterocycles. The van der Waals surface area contributed by atoms with E-state index in [1.807, 2.05) is 13.8 Å². The standard InChI is InChI=1S/C26H48O5/c1-25(2,19-27)17-7-5-9-20-11-13-22(30-20)15-16-23-14-12-21(31-23)10-6-8-18-26(3,4)24(28)29/h20-23,27H,5-19H2,1-4H3,(H,28,29). The molecule has 2 rings (SSSR count). The Morgan fingerprint density at radius 1 is 0.742 bits per heavy atom. The van der Waals surface area contributed by atoms with Crippen LogP contribution in [0.2, 0.25) is 0 Å². The lowest BCUT2D eigenvalue weighted by Crippen LogP contribution is -2.23. The molecule has 0 aliphatic carbocycles. The van der Waals surface area contributed by atoms with Gasteiger partial charge in [0.25, 0.3) is 0 Å². The molecule has 0 aromatic heterocycles. The minimum atomic E-state index is -0.702. The molecular formula is C26H48O5. The summed E-state index contributed by atoms with van der Waals surface area (Å²) < 4.78 is 12.5. The molecule has 2 N–H and O–H groups in total. The Labute approximate surface area is 190 Å². The smallest absolute Gasteiger partial charge is 0.309 e. The average Bonchev–Trinajstić information content (AvgIpc) is 3.36. The first kappa shape index (κ1) is 26.6. The molecule has 2 fully saturated rings. The largest absolute Gasteiger partial charge is 0.481 e. The molecule has 0 radical (unpaired) electrons. The zero-order valence-electron chi connectivity index (χ0n) is 20.5. The fraction of sp³-hybridized carbons (Fsp3) is 0.962. The zero-order valence-corrected chi connectivity index (χ0v) is 20.5. The van der Waals surface area contributed by atoms with Crippen LogP contribution < -0.4 is 0 Å². The van der Waals surface area contributed by atoms with Crippen LogP contribution in [0, 0.1) is 10.8 Å². The minimum Gasteiger partial charge on any atom is -0.481 e. The van der Waals surface area contributed by atoms with Crippen molar-refractivity contribution >= 4 is 5.97 Å². The van der Waals surface area contributed by atoms with E-state index in [1.54, 1.807) is 0 Å². The highest BCUT2D eigenvalue weighted by atomic mass is 16.5. The fourth-order valence-corrected chi connectivity index (χ4v) is 4.88. The van der Waals surface area contributed by atoms with E-state index < -0.39 is 11.4 Å². The third-order valence-corrected chi connectivity index (χ3v) is 7.42. The first-order valence-corrected chi connectivity index (χ1v) is 12.8. The van der Waals surface area contributed by atoms with E-state index >= 15 is 0 Å². The Morgan fingerprint density at radius 3 is 1.58 bits per heavy atom. The summed E-state index contributed by atoms with van der Waals surface area (Å²) in [5.41, 5.74) is -0.568. The summed E-state index contributed by atoms with van der Waals surface area (Å²) in [7, 11) is 0. The van der Waals surface area contributed by atoms with E-state index in [2.05, 4.69) is 13.8 Å². The van der Waals surface area contributed by atoms with E-state index in [9.17, 15) is 15.0 Å². The summed E-state index contributed by atoms with van der Waals surface area (Å²) in [6.45, 7) is 8.15. The third-order valence-electron chi connectivity index (χ3n) is 7.42. The number of hydrogen-bond acceptors (Lipinski definition) is 4. The summed E-state index contributed by atoms with van der Waals surface area (Å²) in [6, 6.07) is 0. The van der Waals surface area contributed by atoms with Crippen LogP contribution in [-0.4, -0.2) is 47.2 Å². The number of rotatable bonds is 15. The molecule has 0 amide bonds. The van der Waals surface area contributed by atoms with E-state index in [-0.39, 0.29) is 12.0 Å². The van der Waals surface area contributed by atoms with Gasteiger partial charge < -0.3 is 19.7 Å². The summed E-state index contributed by atoms with van der Waals surface area (Å²) in [4.78, 5) is 11.2. The van der Waals surface area contributed by atoms with Crippen molar-refractivity contribution in [2.24, 2.45) is 10.8 Å². The van der Waals surface area contributed by atoms with Gasteiger partial charge >= 0.3 is 5.97 Å². The van der Waals surface area contributed by atoms with E-state index in [1.165, 1.54) is 25.7 Å². The predicted molar refractivity (Wildman–Crippen MR) is 124 cm³/mol. The Morgan fingerprint density at radius 2 is 1.16 bits per heavy atom. The van der Waals surface area contributed by atoms with E-state index in [0.29, 0.717) is 24.4 Å². The molecule has 2 aliphatic heterocycles. The van der Waals surface area contributed by atoms with Gasteiger partial charge in [0, 0.05) is 6.61 Å². The first-order chi connectivity index (χ1) is 14.6. The highest BCUT2D eigenvalue weighted by Crippen LogP contribution is 2.32. The monoisotopic (exact) mass is 440 g/mol. The second-order valence-electron chi connectivity index (χ2n) is 11.5. The molecule has 0 aromatic rings. The number of aliphatic hydroxyl groups excluding tert-OH is 1. The van der Waals surface area contributed by atoms with Crippen molar-refractivity contribution in [1.82, 2.24) is 0 Å². The summed E-state index contributed by atoms with van der Waals surface area (Å²) in [6.07, 6.45) is 16.8. The number of carboxylic acid groups (broad SMARTS) is 1. The van der Waals surface area contributed by atoms with Crippen LogP contribution in [0.5, 0.6) is 0 Å². The topological polar surface area (TPSA) is 76.0 Å². The number of carboxylic acids is 1. The van der Waals surface area contributed by atoms with Gasteiger partial charge in [-0.1, -0.05) is 39.5 Å². The van der Waals surface area contributed by atoms with Crippen molar-refractivity contribution in [1.29, 1.82) is 0 Å². The van der Waals surface area contributed by atoms with Crippen molar-refractivity contribution < 1.29 is 24.5 Å². The Bertz CT molecular complexity index is 530. The molecule has 0 aromatic carbocycles. The van der Waals surface area contributed by atoms with Crippen molar-refractivity contribution in [3.05, 3.63) is 0 Å². The van der Waals surface area contributed by atoms with Gasteiger partial charge in [-0.25, -0.2) is 0 Å². The Hall–Kier alpha value is -0.650. The maximum Gasteiger partial charge on any atom is 0.309 e. The van der Waals surface area contributed by atoms with Gasteiger partial charge in [0.1, 0.15) is 0 Å². The molecule has 2 saturated heterocycles. The molecule has 4 atom stereocenters. The van der Waals surface area contributed by atoms with Crippen LogP contribution >= 0.6 is 0 Å². The Balaban J connectivity index is 1.51. The number of carbonyl (C=O) groups is 1. The normalized spacial score (nSPS) is 27.1. The number of hydrogen-bond donors (Lipinski definition) is 2. The van der Waals surface area contributed by atoms with Crippen molar-refractivity contribution in [2.75, 3.05) is 6.61 Å². The SMILES string of the molecule is CC(C)(CO)CCCCC1CCC(CCC2CCC(CCCCC(C)(C)C(=O)O)O2)O1. The number of aliphatic hydroxyl groups is 1. The van der Waals surface area contributed by atoms with Gasteiger partial charge in [-0.2, -0.15) is 0 Å². The molecule has 0 bridgehead atoms. The molecule has 31 heavy (non-hydrogen) atoms. The molecular weight excluding hydrogens is 392 g/mol. The third kappa shape index (κ3) is 9.79. The highest BCUT2D eigenvalue weighted by molar-refractivity contribution is 5.73. The lowest BCUT2D eigenvalue weighted by Gasteiger charge is -2.21. The maximum absolute atomic E-state index is 11.2. The van der Waals surface area contributed by atoms with Crippen LogP contribution in [0.15, 0.2) is 0 Å². The summed E-state index contributed by atoms with van der Waals surface area (Å²) in [5, 5.41) is 18.6. The number of unbranched alkanes of at least 4 members (excludes halogenated alkanes) is 2. The second-order valence-corrected chi connectivity index (χ2v) is 11.5. The van der Waals surface area contributed by atoms with Crippen LogP contribution in [0.4, 0.5) is 0 Å². The van der Waals surface area contributed by atoms with Crippen LogP contribution in [0.1, 0.15) is 118 Å². The summed E-state index contributed by atoms with van der Waals surface area (Å²) >= 11 is 0. The number of aliphatic carboxylic acids is 1. The molecule has 2 aliphatic rings. The van der Waals surface area contributed by atoms with Crippen molar-refractivity contribution in [3.8, 4) is 0 Å². The summed E-state index contributed by atoms with van der Waals surface area (Å²) in [5.74, 6) is -0.702. The zero-order chi connectivity index (χ0) is 22.9. The van der Waals surface area contributed by atoms with Gasteiger partial charge in [-0.15, -0.1) is 0 Å². The van der Waals surface area contributed by atoms with E-state index in [4.69, 9.17) is 9.47 Å². The maximum atomic E-state index is 11.2. The quantitative estimate of drug-likeness (QED) is 0.300. The lowest BCUT2D eigenvalue weighted by molar-refractivity contribution is -0.147. The van der Waals surface area contributed by atoms with Crippen LogP contribution in [0.3, 0.4) is 0 Å². The number of ether oxygens (including phenoxy) is 2. The molecule has 5 heteroatoms. The molecule has 5 nitrogen and oxygen atoms in total. The van der Waals surface area contributed by atoms with Crippen LogP contribution in [0.25, 0.3) is 0 Å². The fourth-order valence-electron chi connectivity index (χ4n) is 4.88. The molecule has 4 unspecified atom stereocenters. The Kier molecular flexibility index (Phi) is 10.8. The molecule has 182 valence electrons. The molecule has 0 spiro atoms. The van der Waals surface area contributed by atoms with Crippen LogP contribution in [-0.2, 0) is 14.3 Å². The van der Waals surface area contributed by atoms with Gasteiger partial charge in [-0.3, -0.25) is 4.79 Å². The molecule has 0 saturated carbocycles. The minimum absolute atomic E-state index is 0.0489. The van der Waals surface area contributed by atoms with Gasteiger partial charge in [0.05, 0.1) is 29.8 Å². The van der Waals surface area contributed by atoms with E-state index in [0.717, 1.165) is 64.2 Å². The van der Waals surface area contributed by atoms with Gasteiger partial charge in [-0.05, 0) is 83.5 Å². The van der Waals surface area contributed by atoms with Crippen molar-refractivity contribution in [3.63, 3.8) is 0 Å². The lowest BCUT2D eigenvalue weighted by atomic mass is 9.87. The highest BCUT2D eigenvalue weighted by Gasteiger charge is 2.30. The predicted octanol–water partition coefficient (Wildman–Crippen LogP) is 6.11. The first-order valence-electron chi connectivity index (χ1n) is 12.8. The second kappa shape index (κ2) is 12.6. The average molecular weight is 441 g/mol. The van der Waals surface area contributed by atoms with Gasteiger partial charge in [0.2, 0.25) is 0 Å².